The molecule has 0 aliphatic rings. The van der Waals surface area contributed by atoms with E-state index in [0.29, 0.717) is 39.4 Å². The number of hydrogen-bond acceptors (Lipinski definition) is 3. The zero-order valence-electron chi connectivity index (χ0n) is 48.2. The second-order valence-electron chi connectivity index (χ2n) is 21.5. The third-order valence-corrected chi connectivity index (χ3v) is 12.8. The molecule has 0 aliphatic carbocycles. The van der Waals surface area contributed by atoms with Gasteiger partial charge in [0.15, 0.2) is 0 Å². The predicted octanol–water partition coefficient (Wildman–Crippen LogP) is 17.0. The number of benzene rings is 6. The minimum absolute atomic E-state index is 0. The molecule has 0 atom stereocenters. The molecule has 1 N–H and O–H groups in total. The van der Waals surface area contributed by atoms with Crippen molar-refractivity contribution in [2.75, 3.05) is 0 Å². The van der Waals surface area contributed by atoms with Crippen LogP contribution in [0.15, 0.2) is 121 Å². The number of aromatic hydroxyl groups is 1. The fourth-order valence-electron chi connectivity index (χ4n) is 8.61. The number of rotatable bonds is 8. The second-order valence-corrected chi connectivity index (χ2v) is 21.5. The van der Waals surface area contributed by atoms with Crippen LogP contribution >= 0.6 is 0 Å². The molecule has 0 aliphatic heterocycles. The number of para-hydroxylation sites is 1. The monoisotopic (exact) mass is 1070 g/mol. The van der Waals surface area contributed by atoms with Crippen molar-refractivity contribution in [3.8, 4) is 67.5 Å². The van der Waals surface area contributed by atoms with Crippen molar-refractivity contribution in [2.24, 2.45) is 0 Å². The van der Waals surface area contributed by atoms with Crippen LogP contribution in [0, 0.1) is 19.8 Å². The first-order chi connectivity index (χ1) is 33.7. The van der Waals surface area contributed by atoms with E-state index in [9.17, 15) is 5.11 Å². The number of hydrogen-bond donors (Lipinski definition) is 1. The van der Waals surface area contributed by atoms with Crippen LogP contribution in [-0.4, -0.2) is 19.6 Å². The fourth-order valence-corrected chi connectivity index (χ4v) is 8.61. The van der Waals surface area contributed by atoms with Gasteiger partial charge in [0.05, 0.1) is 22.3 Å². The van der Waals surface area contributed by atoms with E-state index in [2.05, 4.69) is 113 Å². The summed E-state index contributed by atoms with van der Waals surface area (Å²) in [4.78, 5) is 10.3. The molecule has 0 fully saturated rings. The average molecular weight is 1070 g/mol. The molecular formula is C62H68N3OPt-. The van der Waals surface area contributed by atoms with Crippen LogP contribution in [0.3, 0.4) is 0 Å². The van der Waals surface area contributed by atoms with Gasteiger partial charge in [0.2, 0.25) is 0 Å². The quantitative estimate of drug-likeness (QED) is 0.154. The van der Waals surface area contributed by atoms with E-state index in [1.807, 2.05) is 85.1 Å². The molecule has 4 nitrogen and oxygen atoms in total. The Labute approximate surface area is 425 Å². The number of aromatic nitrogens is 3. The van der Waals surface area contributed by atoms with Crippen molar-refractivity contribution in [3.63, 3.8) is 0 Å². The number of imidazole rings is 1. The van der Waals surface area contributed by atoms with Crippen molar-refractivity contribution in [1.82, 2.24) is 14.5 Å². The van der Waals surface area contributed by atoms with Gasteiger partial charge in [-0.15, -0.1) is 29.3 Å². The van der Waals surface area contributed by atoms with Gasteiger partial charge in [-0.25, -0.2) is 4.98 Å². The Bertz CT molecular complexity index is 3390. The Morgan fingerprint density at radius 1 is 0.627 bits per heavy atom. The largest absolute Gasteiger partial charge is 0.507 e. The number of pyridine rings is 1. The summed E-state index contributed by atoms with van der Waals surface area (Å²) in [6.45, 7) is 22.3. The van der Waals surface area contributed by atoms with Gasteiger partial charge in [-0.05, 0) is 117 Å². The molecule has 5 heteroatoms. The second kappa shape index (κ2) is 18.5. The summed E-state index contributed by atoms with van der Waals surface area (Å²) in [6, 6.07) is 40.5. The van der Waals surface area contributed by atoms with E-state index in [4.69, 9.17) is 19.6 Å². The van der Waals surface area contributed by atoms with E-state index in [1.165, 1.54) is 0 Å². The van der Waals surface area contributed by atoms with E-state index in [0.717, 1.165) is 61.2 Å². The molecule has 6 aromatic carbocycles. The smallest absolute Gasteiger partial charge is 0.148 e. The van der Waals surface area contributed by atoms with E-state index in [-0.39, 0.29) is 54.7 Å². The van der Waals surface area contributed by atoms with Crippen molar-refractivity contribution >= 4 is 11.0 Å². The van der Waals surface area contributed by atoms with Crippen LogP contribution in [-0.2, 0) is 37.3 Å². The summed E-state index contributed by atoms with van der Waals surface area (Å²) in [6.07, 6.45) is 1.75. The van der Waals surface area contributed by atoms with E-state index < -0.39 is 25.0 Å². The molecule has 0 saturated carbocycles. The van der Waals surface area contributed by atoms with Crippen LogP contribution < -0.4 is 0 Å². The minimum atomic E-state index is -2.58. The molecule has 0 unspecified atom stereocenters. The standard InChI is InChI=1S/C62H68N3O.Pt/c1-37(2)44-28-45(38(3)4)30-46(29-44)42-23-24-55(40(6)27-42)65-56-18-16-17-51(57(56)64-59(65)52-35-50(61(10,11)12)36-53(58(52)66)62(13,14)15)47-31-48(33-49(32-47)60(7,8)9)54-34-43(25-26-63-54)41-21-19-39(5)20-22-41;/h16-30,32-38,66H,1-15H3;/q-1;/i5D3,6D3,37D;. The van der Waals surface area contributed by atoms with Crippen molar-refractivity contribution in [3.05, 3.63) is 166 Å². The number of phenolic OH excluding ortho intramolecular Hbond substituents is 1. The normalized spacial score (nSPS) is 14.4. The van der Waals surface area contributed by atoms with Gasteiger partial charge >= 0.3 is 0 Å². The fraction of sp³-hybridized carbons (Fsp3) is 0.323. The van der Waals surface area contributed by atoms with Gasteiger partial charge in [0.25, 0.3) is 0 Å². The molecule has 2 heterocycles. The van der Waals surface area contributed by atoms with E-state index >= 15 is 0 Å². The summed E-state index contributed by atoms with van der Waals surface area (Å²) >= 11 is 0. The van der Waals surface area contributed by atoms with Gasteiger partial charge in [0.1, 0.15) is 11.6 Å². The van der Waals surface area contributed by atoms with Crippen LogP contribution in [0.2, 0.25) is 0 Å². The first kappa shape index (κ1) is 40.5. The number of fused-ring (bicyclic) bond motifs is 1. The van der Waals surface area contributed by atoms with Gasteiger partial charge < -0.3 is 5.11 Å². The summed E-state index contributed by atoms with van der Waals surface area (Å²) in [5, 5.41) is 12.6. The Morgan fingerprint density at radius 3 is 1.93 bits per heavy atom. The molecule has 67 heavy (non-hydrogen) atoms. The van der Waals surface area contributed by atoms with Crippen LogP contribution in [0.25, 0.3) is 72.7 Å². The Balaban J connectivity index is 0.00000800. The van der Waals surface area contributed by atoms with Gasteiger partial charge in [-0.1, -0.05) is 179 Å². The Hall–Kier alpha value is -5.57. The van der Waals surface area contributed by atoms with E-state index in [1.54, 1.807) is 24.4 Å². The zero-order chi connectivity index (χ0) is 53.5. The molecule has 8 aromatic rings. The molecule has 0 saturated heterocycles. The van der Waals surface area contributed by atoms with Crippen molar-refractivity contribution < 1.29 is 35.8 Å². The topological polar surface area (TPSA) is 50.9 Å². The number of nitrogens with zero attached hydrogens (tertiary/aromatic N) is 3. The molecule has 2 aromatic heterocycles. The molecule has 0 spiro atoms. The number of phenols is 1. The SMILES string of the molecule is [2H]C([2H])([2H])c1ccc(-c2ccnc(-c3[c-]c(-c4cccc5c4nc(-c4cc(C(C)(C)C)cc(C(C)(C)C)c4O)n5-c4ccc(-c5cc(C(C)C)cc(C([2H])(C)C)c5)cc4C([2H])([2H])[2H])cc(C(C)(C)C)c3)c2)cc1.[Pt]. The predicted molar refractivity (Wildman–Crippen MR) is 280 cm³/mol. The minimum Gasteiger partial charge on any atom is -0.507 e. The van der Waals surface area contributed by atoms with Gasteiger partial charge in [-0.2, -0.15) is 0 Å². The average Bonchev–Trinajstić information content (AvgIpc) is 3.69. The first-order valence-electron chi connectivity index (χ1n) is 26.6. The molecular weight excluding hydrogens is 998 g/mol. The van der Waals surface area contributed by atoms with Gasteiger partial charge in [0, 0.05) is 48.1 Å². The first-order valence-corrected chi connectivity index (χ1v) is 23.1. The maximum atomic E-state index is 12.6. The van der Waals surface area contributed by atoms with Crippen molar-refractivity contribution in [1.29, 1.82) is 0 Å². The van der Waals surface area contributed by atoms with Crippen LogP contribution in [0.5, 0.6) is 5.75 Å². The van der Waals surface area contributed by atoms with Crippen LogP contribution in [0.1, 0.15) is 150 Å². The zero-order valence-corrected chi connectivity index (χ0v) is 43.5. The summed E-state index contributed by atoms with van der Waals surface area (Å²) < 4.78 is 61.9. The van der Waals surface area contributed by atoms with Crippen LogP contribution in [0.4, 0.5) is 0 Å². The Morgan fingerprint density at radius 2 is 1.28 bits per heavy atom. The molecule has 348 valence electrons. The molecule has 0 bridgehead atoms. The molecule has 0 amide bonds. The maximum Gasteiger partial charge on any atom is 0.148 e. The summed E-state index contributed by atoms with van der Waals surface area (Å²) in [7, 11) is 0. The third kappa shape index (κ3) is 10.0. The summed E-state index contributed by atoms with van der Waals surface area (Å²) in [5.74, 6) is -0.239. The maximum absolute atomic E-state index is 12.6. The molecule has 8 rings (SSSR count). The Kier molecular flexibility index (Phi) is 11.2. The summed E-state index contributed by atoms with van der Waals surface area (Å²) in [5.41, 5.74) is 12.3. The van der Waals surface area contributed by atoms with Crippen molar-refractivity contribution in [2.45, 2.75) is 132 Å². The number of aryl methyl sites for hydroxylation is 2. The van der Waals surface area contributed by atoms with Gasteiger partial charge in [-0.3, -0.25) is 9.55 Å². The molecule has 0 radical (unpaired) electrons. The third-order valence-electron chi connectivity index (χ3n) is 12.8.